The lowest BCUT2D eigenvalue weighted by Crippen LogP contribution is -2.24. The summed E-state index contributed by atoms with van der Waals surface area (Å²) in [5, 5.41) is 2.42. The minimum absolute atomic E-state index is 0.0515. The van der Waals surface area contributed by atoms with Crippen LogP contribution < -0.4 is 10.0 Å². The van der Waals surface area contributed by atoms with Gasteiger partial charge in [0, 0.05) is 12.7 Å². The summed E-state index contributed by atoms with van der Waals surface area (Å²) in [5.74, 6) is -2.19. The van der Waals surface area contributed by atoms with Crippen molar-refractivity contribution in [2.75, 3.05) is 4.72 Å². The maximum atomic E-state index is 13.6. The number of hydrogen-bond donors (Lipinski definition) is 2. The van der Waals surface area contributed by atoms with Crippen LogP contribution >= 0.6 is 22.9 Å². The molecule has 0 radical (unpaired) electrons. The third-order valence-electron chi connectivity index (χ3n) is 3.77. The van der Waals surface area contributed by atoms with Crippen molar-refractivity contribution in [1.82, 2.24) is 15.3 Å². The molecule has 1 aromatic carbocycles. The van der Waals surface area contributed by atoms with Crippen molar-refractivity contribution in [3.8, 4) is 0 Å². The molecule has 0 saturated heterocycles. The van der Waals surface area contributed by atoms with Gasteiger partial charge < -0.3 is 5.32 Å². The number of carbonyl (C=O) groups excluding carboxylic acids is 1. The van der Waals surface area contributed by atoms with E-state index in [0.29, 0.717) is 12.1 Å². The van der Waals surface area contributed by atoms with Crippen molar-refractivity contribution >= 4 is 44.0 Å². The molecule has 31 heavy (non-hydrogen) atoms. The van der Waals surface area contributed by atoms with E-state index in [2.05, 4.69) is 20.0 Å². The predicted octanol–water partition coefficient (Wildman–Crippen LogP) is 4.08. The van der Waals surface area contributed by atoms with E-state index in [4.69, 9.17) is 11.6 Å². The molecule has 0 saturated carbocycles. The Morgan fingerprint density at radius 3 is 2.42 bits per heavy atom. The van der Waals surface area contributed by atoms with Crippen LogP contribution in [0.2, 0.25) is 4.34 Å². The lowest BCUT2D eigenvalue weighted by atomic mass is 10.1. The van der Waals surface area contributed by atoms with Crippen LogP contribution in [0.15, 0.2) is 47.6 Å². The summed E-state index contributed by atoms with van der Waals surface area (Å²) in [6, 6.07) is 4.56. The molecule has 2 aromatic heterocycles. The van der Waals surface area contributed by atoms with Crippen LogP contribution in [0.3, 0.4) is 0 Å². The van der Waals surface area contributed by atoms with E-state index in [1.807, 2.05) is 0 Å². The van der Waals surface area contributed by atoms with Crippen LogP contribution in [0, 0.1) is 5.82 Å². The van der Waals surface area contributed by atoms with Gasteiger partial charge in [0.25, 0.3) is 15.9 Å². The van der Waals surface area contributed by atoms with Gasteiger partial charge in [-0.3, -0.25) is 9.52 Å². The second-order valence-electron chi connectivity index (χ2n) is 5.95. The summed E-state index contributed by atoms with van der Waals surface area (Å²) < 4.78 is 78.4. The highest BCUT2D eigenvalue weighted by atomic mass is 35.5. The molecule has 0 atom stereocenters. The maximum Gasteiger partial charge on any atom is 0.419 e. The van der Waals surface area contributed by atoms with Crippen molar-refractivity contribution in [2.45, 2.75) is 17.6 Å². The van der Waals surface area contributed by atoms with E-state index in [1.54, 1.807) is 0 Å². The van der Waals surface area contributed by atoms with E-state index in [1.165, 1.54) is 6.20 Å². The third kappa shape index (κ3) is 5.68. The van der Waals surface area contributed by atoms with Crippen molar-refractivity contribution in [3.63, 3.8) is 0 Å². The standard InChI is InChI=1S/C17H11ClF4N4O3S2/c18-14-8-25-16(30-14)26-31(28,29)10-2-4-13(23-7-10)15(27)24-6-9-1-3-11(12(19)5-9)17(20,21)22/h1-5,7-8H,6H2,(H,24,27)(H,25,26). The number of rotatable bonds is 6. The minimum atomic E-state index is -4.82. The molecular weight excluding hydrogens is 484 g/mol. The molecule has 3 rings (SSSR count). The number of sulfonamides is 1. The number of halogens is 5. The second-order valence-corrected chi connectivity index (χ2v) is 9.29. The molecule has 0 aliphatic carbocycles. The van der Waals surface area contributed by atoms with Crippen LogP contribution in [0.1, 0.15) is 21.6 Å². The Morgan fingerprint density at radius 1 is 1.13 bits per heavy atom. The highest BCUT2D eigenvalue weighted by Crippen LogP contribution is 2.31. The number of hydrogen-bond acceptors (Lipinski definition) is 6. The van der Waals surface area contributed by atoms with Crippen LogP contribution in [0.25, 0.3) is 0 Å². The summed E-state index contributed by atoms with van der Waals surface area (Å²) in [7, 11) is -4.01. The van der Waals surface area contributed by atoms with Crippen molar-refractivity contribution in [3.05, 3.63) is 69.7 Å². The minimum Gasteiger partial charge on any atom is -0.347 e. The van der Waals surface area contributed by atoms with Crippen molar-refractivity contribution in [1.29, 1.82) is 0 Å². The van der Waals surface area contributed by atoms with Crippen molar-refractivity contribution in [2.24, 2.45) is 0 Å². The van der Waals surface area contributed by atoms with Gasteiger partial charge in [-0.2, -0.15) is 13.2 Å². The Labute approximate surface area is 182 Å². The normalized spacial score (nSPS) is 11.9. The van der Waals surface area contributed by atoms with Crippen LogP contribution in [0.4, 0.5) is 22.7 Å². The number of benzene rings is 1. The summed E-state index contributed by atoms with van der Waals surface area (Å²) in [6.07, 6.45) is -2.60. The van der Waals surface area contributed by atoms with E-state index >= 15 is 0 Å². The molecular formula is C17H11ClF4N4O3S2. The van der Waals surface area contributed by atoms with Gasteiger partial charge in [0.1, 0.15) is 20.7 Å². The van der Waals surface area contributed by atoms with E-state index in [0.717, 1.165) is 35.7 Å². The molecule has 0 bridgehead atoms. The van der Waals surface area contributed by atoms with Gasteiger partial charge in [-0.25, -0.2) is 22.8 Å². The molecule has 0 aliphatic rings. The first-order chi connectivity index (χ1) is 14.5. The number of pyridine rings is 1. The number of thiazole rings is 1. The molecule has 0 spiro atoms. The van der Waals surface area contributed by atoms with E-state index < -0.39 is 33.5 Å². The lowest BCUT2D eigenvalue weighted by molar-refractivity contribution is -0.140. The predicted molar refractivity (Wildman–Crippen MR) is 105 cm³/mol. The number of amides is 1. The fourth-order valence-corrected chi connectivity index (χ4v) is 4.32. The average molecular weight is 495 g/mol. The quantitative estimate of drug-likeness (QED) is 0.503. The third-order valence-corrected chi connectivity index (χ3v) is 6.25. The Morgan fingerprint density at radius 2 is 1.87 bits per heavy atom. The largest absolute Gasteiger partial charge is 0.419 e. The molecule has 0 fully saturated rings. The molecule has 7 nitrogen and oxygen atoms in total. The number of alkyl halides is 3. The molecule has 164 valence electrons. The number of anilines is 1. The highest BCUT2D eigenvalue weighted by Gasteiger charge is 2.33. The first-order valence-electron chi connectivity index (χ1n) is 8.20. The first-order valence-corrected chi connectivity index (χ1v) is 10.9. The number of nitrogens with one attached hydrogen (secondary N) is 2. The van der Waals surface area contributed by atoms with Gasteiger partial charge in [0.2, 0.25) is 0 Å². The topological polar surface area (TPSA) is 101 Å². The van der Waals surface area contributed by atoms with Crippen molar-refractivity contribution < 1.29 is 30.8 Å². The highest BCUT2D eigenvalue weighted by molar-refractivity contribution is 7.93. The number of nitrogens with zero attached hydrogens (tertiary/aromatic N) is 2. The van der Waals surface area contributed by atoms with Gasteiger partial charge in [0.05, 0.1) is 11.8 Å². The monoisotopic (exact) mass is 494 g/mol. The van der Waals surface area contributed by atoms with Gasteiger partial charge in [-0.15, -0.1) is 0 Å². The molecule has 0 aliphatic heterocycles. The van der Waals surface area contributed by atoms with E-state index in [9.17, 15) is 30.8 Å². The fraction of sp³-hybridized carbons (Fsp3) is 0.118. The van der Waals surface area contributed by atoms with Crippen LogP contribution in [-0.2, 0) is 22.7 Å². The molecule has 0 unspecified atom stereocenters. The van der Waals surface area contributed by atoms with Crippen LogP contribution in [0.5, 0.6) is 0 Å². The Hall–Kier alpha value is -2.77. The second kappa shape index (κ2) is 8.77. The Kier molecular flexibility index (Phi) is 6.48. The summed E-state index contributed by atoms with van der Waals surface area (Å²) >= 11 is 6.61. The number of carbonyl (C=O) groups is 1. The summed E-state index contributed by atoms with van der Waals surface area (Å²) in [4.78, 5) is 19.5. The summed E-state index contributed by atoms with van der Waals surface area (Å²) in [5.41, 5.74) is -1.46. The first kappa shape index (κ1) is 22.9. The van der Waals surface area contributed by atoms with E-state index in [-0.39, 0.29) is 32.2 Å². The lowest BCUT2D eigenvalue weighted by Gasteiger charge is -2.10. The Balaban J connectivity index is 1.65. The number of aromatic nitrogens is 2. The molecule has 1 amide bonds. The Bertz CT molecular complexity index is 1210. The van der Waals surface area contributed by atoms with Gasteiger partial charge in [-0.05, 0) is 29.8 Å². The zero-order valence-electron chi connectivity index (χ0n) is 15.1. The molecule has 14 heteroatoms. The smallest absolute Gasteiger partial charge is 0.347 e. The molecule has 2 heterocycles. The zero-order chi connectivity index (χ0) is 22.8. The van der Waals surface area contributed by atoms with Gasteiger partial charge in [-0.1, -0.05) is 29.0 Å². The average Bonchev–Trinajstić information content (AvgIpc) is 3.09. The van der Waals surface area contributed by atoms with Crippen LogP contribution in [-0.4, -0.2) is 24.3 Å². The fourth-order valence-electron chi connectivity index (χ4n) is 2.32. The SMILES string of the molecule is O=C(NCc1ccc(C(F)(F)F)c(F)c1)c1ccc(S(=O)(=O)Nc2ncc(Cl)s2)cn1. The zero-order valence-corrected chi connectivity index (χ0v) is 17.5. The summed E-state index contributed by atoms with van der Waals surface area (Å²) in [6.45, 7) is -0.262. The van der Waals surface area contributed by atoms with Gasteiger partial charge in [0.15, 0.2) is 5.13 Å². The molecule has 2 N–H and O–H groups in total. The van der Waals surface area contributed by atoms with Gasteiger partial charge >= 0.3 is 6.18 Å². The molecule has 3 aromatic rings. The maximum absolute atomic E-state index is 13.6.